The lowest BCUT2D eigenvalue weighted by Crippen LogP contribution is -2.30. The quantitative estimate of drug-likeness (QED) is 0.502. The van der Waals surface area contributed by atoms with Gasteiger partial charge in [-0.15, -0.1) is 0 Å². The van der Waals surface area contributed by atoms with E-state index in [-0.39, 0.29) is 18.3 Å². The maximum atomic E-state index is 12.9. The number of benzene rings is 1. The molecule has 0 spiro atoms. The summed E-state index contributed by atoms with van der Waals surface area (Å²) in [7, 11) is 1.69. The van der Waals surface area contributed by atoms with Crippen LogP contribution in [0.4, 0.5) is 5.82 Å². The third-order valence-electron chi connectivity index (χ3n) is 4.87. The van der Waals surface area contributed by atoms with E-state index in [4.69, 9.17) is 4.52 Å². The zero-order valence-electron chi connectivity index (χ0n) is 17.6. The third kappa shape index (κ3) is 4.72. The summed E-state index contributed by atoms with van der Waals surface area (Å²) in [5, 5.41) is 7.23. The van der Waals surface area contributed by atoms with Crippen LogP contribution in [0, 0.1) is 6.92 Å². The molecular formula is C23H21N5O4. The van der Waals surface area contributed by atoms with Crippen LogP contribution in [0.1, 0.15) is 21.7 Å². The fourth-order valence-corrected chi connectivity index (χ4v) is 3.33. The number of amides is 2. The number of nitrogens with zero attached hydrogens (tertiary/aromatic N) is 4. The fraction of sp³-hybridized carbons (Fsp3) is 0.174. The first-order valence-electron chi connectivity index (χ1n) is 9.92. The van der Waals surface area contributed by atoms with E-state index in [9.17, 15) is 14.4 Å². The summed E-state index contributed by atoms with van der Waals surface area (Å²) in [4.78, 5) is 43.2. The largest absolute Gasteiger partial charge is 0.360 e. The van der Waals surface area contributed by atoms with Gasteiger partial charge in [-0.3, -0.25) is 19.4 Å². The minimum atomic E-state index is -0.455. The lowest BCUT2D eigenvalue weighted by Gasteiger charge is -2.18. The van der Waals surface area contributed by atoms with E-state index in [1.807, 2.05) is 30.3 Å². The van der Waals surface area contributed by atoms with Gasteiger partial charge in [0.1, 0.15) is 12.3 Å². The Morgan fingerprint density at radius 1 is 1.16 bits per heavy atom. The van der Waals surface area contributed by atoms with Crippen LogP contribution in [0.2, 0.25) is 0 Å². The molecule has 9 heteroatoms. The summed E-state index contributed by atoms with van der Waals surface area (Å²) in [6, 6.07) is 14.0. The van der Waals surface area contributed by atoms with Gasteiger partial charge in [-0.1, -0.05) is 17.3 Å². The number of pyridine rings is 2. The number of fused-ring (bicyclic) bond motifs is 1. The normalized spacial score (nSPS) is 10.8. The van der Waals surface area contributed by atoms with Crippen LogP contribution >= 0.6 is 0 Å². The average molecular weight is 431 g/mol. The molecule has 0 radical (unpaired) electrons. The Morgan fingerprint density at radius 3 is 2.78 bits per heavy atom. The fourth-order valence-electron chi connectivity index (χ4n) is 3.33. The number of carbonyl (C=O) groups is 2. The molecule has 2 amide bonds. The lowest BCUT2D eigenvalue weighted by atomic mass is 10.1. The van der Waals surface area contributed by atoms with Gasteiger partial charge < -0.3 is 19.3 Å². The molecule has 3 aromatic heterocycles. The van der Waals surface area contributed by atoms with Crippen LogP contribution in [-0.2, 0) is 17.9 Å². The summed E-state index contributed by atoms with van der Waals surface area (Å²) in [5.74, 6) is 0.0922. The number of aryl methyl sites for hydroxylation is 1. The van der Waals surface area contributed by atoms with Crippen molar-refractivity contribution in [2.45, 2.75) is 20.0 Å². The highest BCUT2D eigenvalue weighted by Gasteiger charge is 2.15. The highest BCUT2D eigenvalue weighted by atomic mass is 16.5. The van der Waals surface area contributed by atoms with Crippen LogP contribution < -0.4 is 10.9 Å². The van der Waals surface area contributed by atoms with Gasteiger partial charge in [0.15, 0.2) is 5.82 Å². The molecule has 162 valence electrons. The Morgan fingerprint density at radius 2 is 2.00 bits per heavy atom. The third-order valence-corrected chi connectivity index (χ3v) is 4.87. The molecule has 0 aliphatic heterocycles. The maximum Gasteiger partial charge on any atom is 0.255 e. The first-order chi connectivity index (χ1) is 15.4. The molecule has 0 saturated heterocycles. The Kier molecular flexibility index (Phi) is 5.80. The zero-order chi connectivity index (χ0) is 22.7. The van der Waals surface area contributed by atoms with Crippen molar-refractivity contribution >= 4 is 28.5 Å². The molecule has 1 N–H and O–H groups in total. The van der Waals surface area contributed by atoms with Crippen LogP contribution in [0.15, 0.2) is 70.2 Å². The molecule has 0 unspecified atom stereocenters. The molecule has 3 heterocycles. The van der Waals surface area contributed by atoms with Crippen molar-refractivity contribution in [2.24, 2.45) is 0 Å². The van der Waals surface area contributed by atoms with E-state index >= 15 is 0 Å². The van der Waals surface area contributed by atoms with Gasteiger partial charge in [-0.25, -0.2) is 0 Å². The molecule has 0 aliphatic carbocycles. The molecule has 0 bridgehead atoms. The number of rotatable bonds is 6. The highest BCUT2D eigenvalue weighted by molar-refractivity contribution is 5.94. The van der Waals surface area contributed by atoms with Crippen LogP contribution in [-0.4, -0.2) is 38.5 Å². The average Bonchev–Trinajstić information content (AvgIpc) is 3.19. The second-order valence-corrected chi connectivity index (χ2v) is 7.45. The van der Waals surface area contributed by atoms with Crippen molar-refractivity contribution < 1.29 is 14.1 Å². The van der Waals surface area contributed by atoms with E-state index in [1.165, 1.54) is 22.9 Å². The van der Waals surface area contributed by atoms with Crippen LogP contribution in [0.3, 0.4) is 0 Å². The van der Waals surface area contributed by atoms with E-state index < -0.39 is 11.5 Å². The number of nitrogens with one attached hydrogen (secondary N) is 1. The topological polar surface area (TPSA) is 110 Å². The minimum Gasteiger partial charge on any atom is -0.360 e. The predicted octanol–water partition coefficient (Wildman–Crippen LogP) is 2.60. The predicted molar refractivity (Wildman–Crippen MR) is 118 cm³/mol. The summed E-state index contributed by atoms with van der Waals surface area (Å²) >= 11 is 0. The van der Waals surface area contributed by atoms with Gasteiger partial charge in [0.05, 0.1) is 11.1 Å². The van der Waals surface area contributed by atoms with Gasteiger partial charge >= 0.3 is 0 Å². The second kappa shape index (κ2) is 8.84. The number of aromatic nitrogens is 3. The zero-order valence-corrected chi connectivity index (χ0v) is 17.6. The van der Waals surface area contributed by atoms with E-state index in [0.717, 1.165) is 16.5 Å². The minimum absolute atomic E-state index is 0.257. The standard InChI is InChI=1S/C23H21N5O4/c1-15-10-20(26-32-15)25-21(29)14-28-13-18(6-8-22(28)30)23(31)27(2)12-16-5-7-19-17(11-16)4-3-9-24-19/h3-11,13H,12,14H2,1-2H3,(H,25,26,29). The smallest absolute Gasteiger partial charge is 0.255 e. The molecule has 0 aliphatic rings. The first-order valence-corrected chi connectivity index (χ1v) is 9.92. The lowest BCUT2D eigenvalue weighted by molar-refractivity contribution is -0.116. The van der Waals surface area contributed by atoms with E-state index in [2.05, 4.69) is 15.5 Å². The van der Waals surface area contributed by atoms with Crippen LogP contribution in [0.5, 0.6) is 0 Å². The SMILES string of the molecule is Cc1cc(NC(=O)Cn2cc(C(=O)N(C)Cc3ccc4ncccc4c3)ccc2=O)no1. The van der Waals surface area contributed by atoms with Crippen LogP contribution in [0.25, 0.3) is 10.9 Å². The molecule has 0 saturated carbocycles. The summed E-state index contributed by atoms with van der Waals surface area (Å²) in [6.45, 7) is 1.83. The van der Waals surface area contributed by atoms with E-state index in [0.29, 0.717) is 17.9 Å². The van der Waals surface area contributed by atoms with Crippen molar-refractivity contribution in [3.63, 3.8) is 0 Å². The first kappa shape index (κ1) is 21.0. The van der Waals surface area contributed by atoms with Gasteiger partial charge in [-0.05, 0) is 36.8 Å². The number of hydrogen-bond acceptors (Lipinski definition) is 6. The number of carbonyl (C=O) groups excluding carboxylic acids is 2. The molecule has 0 atom stereocenters. The molecule has 1 aromatic carbocycles. The Bertz CT molecular complexity index is 1360. The molecule has 9 nitrogen and oxygen atoms in total. The summed E-state index contributed by atoms with van der Waals surface area (Å²) in [5.41, 5.74) is 1.76. The van der Waals surface area contributed by atoms with Gasteiger partial charge in [0, 0.05) is 43.5 Å². The van der Waals surface area contributed by atoms with Crippen molar-refractivity contribution in [1.29, 1.82) is 0 Å². The molecule has 0 fully saturated rings. The summed E-state index contributed by atoms with van der Waals surface area (Å²) in [6.07, 6.45) is 3.12. The summed E-state index contributed by atoms with van der Waals surface area (Å²) < 4.78 is 6.09. The van der Waals surface area contributed by atoms with Crippen molar-refractivity contribution in [3.05, 3.63) is 88.2 Å². The van der Waals surface area contributed by atoms with E-state index in [1.54, 1.807) is 31.1 Å². The van der Waals surface area contributed by atoms with Crippen molar-refractivity contribution in [3.8, 4) is 0 Å². The Balaban J connectivity index is 1.46. The maximum absolute atomic E-state index is 12.9. The number of hydrogen-bond donors (Lipinski definition) is 1. The Labute approximate surface area is 183 Å². The highest BCUT2D eigenvalue weighted by Crippen LogP contribution is 2.15. The van der Waals surface area contributed by atoms with Gasteiger partial charge in [-0.2, -0.15) is 0 Å². The van der Waals surface area contributed by atoms with Crippen molar-refractivity contribution in [1.82, 2.24) is 19.6 Å². The monoisotopic (exact) mass is 431 g/mol. The van der Waals surface area contributed by atoms with Crippen molar-refractivity contribution in [2.75, 3.05) is 12.4 Å². The molecule has 4 rings (SSSR count). The Hall–Kier alpha value is -4.27. The van der Waals surface area contributed by atoms with Gasteiger partial charge in [0.25, 0.3) is 11.5 Å². The second-order valence-electron chi connectivity index (χ2n) is 7.45. The molecular weight excluding hydrogens is 410 g/mol. The van der Waals surface area contributed by atoms with Gasteiger partial charge in [0.2, 0.25) is 5.91 Å². The number of anilines is 1. The molecule has 32 heavy (non-hydrogen) atoms. The molecule has 4 aromatic rings.